The number of hydrogen-bond acceptors (Lipinski definition) is 5. The number of ether oxygens (including phenoxy) is 1. The van der Waals surface area contributed by atoms with E-state index in [-0.39, 0.29) is 0 Å². The number of hydrogen-bond donors (Lipinski definition) is 0. The van der Waals surface area contributed by atoms with E-state index >= 15 is 0 Å². The third kappa shape index (κ3) is 2.36. The van der Waals surface area contributed by atoms with Gasteiger partial charge in [-0.15, -0.1) is 0 Å². The zero-order valence-electron chi connectivity index (χ0n) is 13.2. The molecule has 7 heteroatoms. The van der Waals surface area contributed by atoms with Crippen molar-refractivity contribution in [2.45, 2.75) is 6.10 Å². The summed E-state index contributed by atoms with van der Waals surface area (Å²) in [6, 6.07) is 12.1. The lowest BCUT2D eigenvalue weighted by Crippen LogP contribution is -2.33. The highest BCUT2D eigenvalue weighted by Gasteiger charge is 2.56. The van der Waals surface area contributed by atoms with Crippen molar-refractivity contribution in [1.29, 1.82) is 0 Å². The molecule has 126 valence electrons. The lowest BCUT2D eigenvalue weighted by atomic mass is 9.94. The van der Waals surface area contributed by atoms with Crippen molar-refractivity contribution in [2.24, 2.45) is 11.1 Å². The molecule has 6 nitrogen and oxygen atoms in total. The number of benzene rings is 2. The van der Waals surface area contributed by atoms with Crippen molar-refractivity contribution in [2.75, 3.05) is 12.0 Å². The van der Waals surface area contributed by atoms with Crippen molar-refractivity contribution in [3.05, 3.63) is 59.9 Å². The minimum absolute atomic E-state index is 0.333. The molecule has 0 radical (unpaired) electrons. The number of carbonyl (C=O) groups excluding carboxylic acids is 2. The van der Waals surface area contributed by atoms with Gasteiger partial charge in [-0.1, -0.05) is 17.3 Å². The van der Waals surface area contributed by atoms with Crippen LogP contribution in [0, 0.1) is 11.7 Å². The van der Waals surface area contributed by atoms with E-state index in [4.69, 9.17) is 9.57 Å². The van der Waals surface area contributed by atoms with Crippen molar-refractivity contribution >= 4 is 23.2 Å². The van der Waals surface area contributed by atoms with Crippen LogP contribution < -0.4 is 9.64 Å². The van der Waals surface area contributed by atoms with Gasteiger partial charge in [-0.2, -0.15) is 0 Å². The number of methoxy groups -OCH3 is 1. The fourth-order valence-electron chi connectivity index (χ4n) is 3.02. The first-order chi connectivity index (χ1) is 12.1. The van der Waals surface area contributed by atoms with Crippen molar-refractivity contribution in [3.63, 3.8) is 0 Å². The Kier molecular flexibility index (Phi) is 3.49. The molecule has 0 N–H and O–H groups in total. The number of anilines is 1. The van der Waals surface area contributed by atoms with Crippen LogP contribution in [-0.2, 0) is 14.4 Å². The summed E-state index contributed by atoms with van der Waals surface area (Å²) in [5, 5.41) is 3.88. The summed E-state index contributed by atoms with van der Waals surface area (Å²) in [4.78, 5) is 31.7. The predicted octanol–water partition coefficient (Wildman–Crippen LogP) is 2.13. The number of carbonyl (C=O) groups is 2. The summed E-state index contributed by atoms with van der Waals surface area (Å²) in [7, 11) is 1.53. The van der Waals surface area contributed by atoms with Crippen molar-refractivity contribution in [3.8, 4) is 5.75 Å². The van der Waals surface area contributed by atoms with Gasteiger partial charge in [0.1, 0.15) is 23.2 Å². The summed E-state index contributed by atoms with van der Waals surface area (Å²) >= 11 is 0. The summed E-state index contributed by atoms with van der Waals surface area (Å²) in [6.07, 6.45) is -0.991. The van der Waals surface area contributed by atoms with Crippen LogP contribution in [0.3, 0.4) is 0 Å². The highest BCUT2D eigenvalue weighted by Crippen LogP contribution is 2.35. The lowest BCUT2D eigenvalue weighted by molar-refractivity contribution is -0.126. The van der Waals surface area contributed by atoms with Crippen LogP contribution in [0.2, 0.25) is 0 Å². The highest BCUT2D eigenvalue weighted by molar-refractivity contribution is 6.32. The van der Waals surface area contributed by atoms with E-state index in [9.17, 15) is 14.0 Å². The molecule has 25 heavy (non-hydrogen) atoms. The van der Waals surface area contributed by atoms with Crippen LogP contribution in [0.5, 0.6) is 5.75 Å². The first-order valence-electron chi connectivity index (χ1n) is 7.61. The molecule has 0 aromatic heterocycles. The third-order valence-electron chi connectivity index (χ3n) is 4.28. The van der Waals surface area contributed by atoms with Crippen LogP contribution in [0.4, 0.5) is 10.1 Å². The molecule has 0 saturated carbocycles. The Hall–Kier alpha value is -3.22. The van der Waals surface area contributed by atoms with Gasteiger partial charge in [-0.25, -0.2) is 9.29 Å². The summed E-state index contributed by atoms with van der Waals surface area (Å²) < 4.78 is 18.2. The van der Waals surface area contributed by atoms with Gasteiger partial charge in [0.2, 0.25) is 12.0 Å². The molecule has 2 aromatic carbocycles. The smallest absolute Gasteiger partial charge is 0.278 e. The molecule has 2 heterocycles. The fourth-order valence-corrected chi connectivity index (χ4v) is 3.02. The van der Waals surface area contributed by atoms with E-state index in [1.165, 1.54) is 31.4 Å². The van der Waals surface area contributed by atoms with E-state index in [1.54, 1.807) is 24.3 Å². The molecular formula is C18H13FN2O4. The Morgan fingerprint density at radius 1 is 1.04 bits per heavy atom. The Labute approximate surface area is 142 Å². The lowest BCUT2D eigenvalue weighted by Gasteiger charge is -2.15. The Bertz CT molecular complexity index is 877. The summed E-state index contributed by atoms with van der Waals surface area (Å²) in [6.45, 7) is 0. The largest absolute Gasteiger partial charge is 0.497 e. The zero-order chi connectivity index (χ0) is 17.6. The van der Waals surface area contributed by atoms with Crippen molar-refractivity contribution < 1.29 is 23.6 Å². The maximum atomic E-state index is 13.1. The number of nitrogens with zero attached hydrogens (tertiary/aromatic N) is 2. The minimum Gasteiger partial charge on any atom is -0.497 e. The second-order valence-corrected chi connectivity index (χ2v) is 5.70. The molecule has 1 fully saturated rings. The van der Waals surface area contributed by atoms with Gasteiger partial charge in [0.05, 0.1) is 12.8 Å². The van der Waals surface area contributed by atoms with Crippen LogP contribution in [0.15, 0.2) is 53.7 Å². The molecular weight excluding hydrogens is 327 g/mol. The van der Waals surface area contributed by atoms with E-state index in [2.05, 4.69) is 5.16 Å². The number of imide groups is 1. The molecule has 0 bridgehead atoms. The topological polar surface area (TPSA) is 68.2 Å². The standard InChI is InChI=1S/C18H13FN2O4/c1-24-13-8-6-12(7-9-13)21-17(22)14-15(20-25-16(14)18(21)23)10-2-4-11(19)5-3-10/h2-9,14,16H,1H3/t14-,16-/m0/s1. The molecule has 2 aliphatic heterocycles. The van der Waals surface area contributed by atoms with E-state index < -0.39 is 29.7 Å². The van der Waals surface area contributed by atoms with Gasteiger partial charge >= 0.3 is 0 Å². The Morgan fingerprint density at radius 2 is 1.72 bits per heavy atom. The number of halogens is 1. The molecule has 1 saturated heterocycles. The molecule has 0 spiro atoms. The zero-order valence-corrected chi connectivity index (χ0v) is 13.2. The number of fused-ring (bicyclic) bond motifs is 1. The molecule has 2 amide bonds. The molecule has 2 aromatic rings. The second-order valence-electron chi connectivity index (χ2n) is 5.70. The number of oxime groups is 1. The van der Waals surface area contributed by atoms with Gasteiger partial charge in [0.25, 0.3) is 5.91 Å². The minimum atomic E-state index is -0.991. The summed E-state index contributed by atoms with van der Waals surface area (Å²) in [5.74, 6) is -1.50. The SMILES string of the molecule is COc1ccc(N2C(=O)[C@H]3C(c4ccc(F)cc4)=NO[C@@H]3C2=O)cc1. The molecule has 2 aliphatic rings. The number of rotatable bonds is 3. The number of amides is 2. The monoisotopic (exact) mass is 340 g/mol. The Morgan fingerprint density at radius 3 is 2.36 bits per heavy atom. The maximum absolute atomic E-state index is 13.1. The van der Waals surface area contributed by atoms with Crippen LogP contribution >= 0.6 is 0 Å². The Balaban J connectivity index is 1.67. The van der Waals surface area contributed by atoms with Crippen LogP contribution in [0.25, 0.3) is 0 Å². The van der Waals surface area contributed by atoms with Crippen LogP contribution in [-0.4, -0.2) is 30.7 Å². The van der Waals surface area contributed by atoms with Gasteiger partial charge in [0, 0.05) is 5.56 Å². The van der Waals surface area contributed by atoms with Crippen LogP contribution in [0.1, 0.15) is 5.56 Å². The first-order valence-corrected chi connectivity index (χ1v) is 7.61. The maximum Gasteiger partial charge on any atom is 0.278 e. The van der Waals surface area contributed by atoms with E-state index in [1.807, 2.05) is 0 Å². The fraction of sp³-hybridized carbons (Fsp3) is 0.167. The molecule has 0 unspecified atom stereocenters. The average Bonchev–Trinajstić information content (AvgIpc) is 3.17. The average molecular weight is 340 g/mol. The molecule has 4 rings (SSSR count). The van der Waals surface area contributed by atoms with E-state index in [0.717, 1.165) is 4.90 Å². The van der Waals surface area contributed by atoms with Gasteiger partial charge in [-0.05, 0) is 36.4 Å². The third-order valence-corrected chi connectivity index (χ3v) is 4.28. The molecule has 0 aliphatic carbocycles. The predicted molar refractivity (Wildman–Crippen MR) is 86.8 cm³/mol. The van der Waals surface area contributed by atoms with Gasteiger partial charge in [-0.3, -0.25) is 9.59 Å². The quantitative estimate of drug-likeness (QED) is 0.803. The van der Waals surface area contributed by atoms with Gasteiger partial charge < -0.3 is 9.57 Å². The van der Waals surface area contributed by atoms with Gasteiger partial charge in [0.15, 0.2) is 0 Å². The first kappa shape index (κ1) is 15.3. The summed E-state index contributed by atoms with van der Waals surface area (Å²) in [5.41, 5.74) is 1.32. The molecule has 2 atom stereocenters. The van der Waals surface area contributed by atoms with Crippen molar-refractivity contribution in [1.82, 2.24) is 0 Å². The second kappa shape index (κ2) is 5.70. The highest BCUT2D eigenvalue weighted by atomic mass is 19.1. The van der Waals surface area contributed by atoms with E-state index in [0.29, 0.717) is 22.7 Å². The normalized spacial score (nSPS) is 21.8.